The first-order valence-corrected chi connectivity index (χ1v) is 13.4. The average Bonchev–Trinajstić information content (AvgIpc) is 3.32. The molecule has 0 atom stereocenters. The topological polar surface area (TPSA) is 122 Å². The summed E-state index contributed by atoms with van der Waals surface area (Å²) in [7, 11) is -2.75. The molecular weight excluding hydrogens is 534 g/mol. The number of H-pyrrole nitrogens is 1. The normalized spacial score (nSPS) is 15.5. The van der Waals surface area contributed by atoms with Crippen molar-refractivity contribution in [2.75, 3.05) is 12.0 Å². The maximum Gasteiger partial charge on any atom is 0.294 e. The van der Waals surface area contributed by atoms with Crippen molar-refractivity contribution in [3.63, 3.8) is 0 Å². The number of carbonyl (C=O) groups is 1. The van der Waals surface area contributed by atoms with Crippen molar-refractivity contribution in [1.82, 2.24) is 9.78 Å². The molecule has 9 nitrogen and oxygen atoms in total. The molecule has 2 N–H and O–H groups in total. The molecule has 1 fully saturated rings. The number of nitrogens with zero attached hydrogens (tertiary/aromatic N) is 2. The molecule has 1 saturated heterocycles. The van der Waals surface area contributed by atoms with E-state index in [-0.39, 0.29) is 16.4 Å². The molecule has 0 aliphatic carbocycles. The van der Waals surface area contributed by atoms with E-state index in [1.54, 1.807) is 68.7 Å². The van der Waals surface area contributed by atoms with Gasteiger partial charge >= 0.3 is 0 Å². The fourth-order valence-electron chi connectivity index (χ4n) is 3.50. The third-order valence-corrected chi connectivity index (χ3v) is 7.56. The van der Waals surface area contributed by atoms with Crippen molar-refractivity contribution in [3.8, 4) is 11.4 Å². The molecule has 3 aromatic rings. The van der Waals surface area contributed by atoms with Crippen molar-refractivity contribution < 1.29 is 22.5 Å². The number of amides is 1. The molecule has 0 radical (unpaired) electrons. The van der Waals surface area contributed by atoms with Crippen LogP contribution in [-0.4, -0.2) is 40.1 Å². The molecule has 190 valence electrons. The van der Waals surface area contributed by atoms with E-state index in [1.807, 2.05) is 0 Å². The number of nitrogens with one attached hydrogen (secondary N) is 1. The summed E-state index contributed by atoms with van der Waals surface area (Å²) in [6.45, 7) is 1.73. The number of anilines is 1. The van der Waals surface area contributed by atoms with E-state index in [9.17, 15) is 18.0 Å². The molecule has 1 amide bonds. The van der Waals surface area contributed by atoms with Gasteiger partial charge in [-0.05, 0) is 67.6 Å². The second-order valence-corrected chi connectivity index (χ2v) is 10.8. The number of aromatic nitrogens is 2. The molecule has 2 heterocycles. The Hall–Kier alpha value is -3.71. The van der Waals surface area contributed by atoms with Gasteiger partial charge in [-0.25, -0.2) is 4.68 Å². The fraction of sp³-hybridized carbons (Fsp3) is 0.0800. The van der Waals surface area contributed by atoms with E-state index in [4.69, 9.17) is 21.5 Å². The molecule has 1 aliphatic heterocycles. The minimum Gasteiger partial charge on any atom is -0.497 e. The van der Waals surface area contributed by atoms with E-state index in [0.717, 1.165) is 0 Å². The SMILES string of the molecule is COc1ccc(N2C(=O)/C(=C/C=C/C=C/c3c(C)[nH]n(-c4ccc(S(=O)(=O)O)cc4)c3=O)SC2=S)cc1. The van der Waals surface area contributed by atoms with Crippen LogP contribution >= 0.6 is 24.0 Å². The molecule has 0 bridgehead atoms. The van der Waals surface area contributed by atoms with Crippen molar-refractivity contribution in [2.24, 2.45) is 0 Å². The largest absolute Gasteiger partial charge is 0.497 e. The maximum atomic E-state index is 12.8. The fourth-order valence-corrected chi connectivity index (χ4v) is 5.23. The van der Waals surface area contributed by atoms with Crippen LogP contribution in [0.25, 0.3) is 11.8 Å². The van der Waals surface area contributed by atoms with E-state index in [2.05, 4.69) is 5.10 Å². The van der Waals surface area contributed by atoms with Gasteiger partial charge in [0, 0.05) is 5.69 Å². The predicted molar refractivity (Wildman–Crippen MR) is 148 cm³/mol. The third kappa shape index (κ3) is 5.67. The molecule has 12 heteroatoms. The van der Waals surface area contributed by atoms with E-state index < -0.39 is 10.1 Å². The van der Waals surface area contributed by atoms with Gasteiger partial charge in [-0.3, -0.25) is 24.1 Å². The van der Waals surface area contributed by atoms with Gasteiger partial charge in [-0.1, -0.05) is 42.2 Å². The highest BCUT2D eigenvalue weighted by atomic mass is 32.2. The standard InChI is InChI=1S/C25H21N3O6S3/c1-16-21(23(29)28(26-16)18-10-14-20(15-11-18)37(31,32)33)6-4-3-5-7-22-24(30)27(25(35)36-22)17-8-12-19(34-2)13-9-17/h3-15,26H,1-2H3,(H,31,32,33)/b5-3+,6-4+,22-7-. The molecule has 0 unspecified atom stereocenters. The highest BCUT2D eigenvalue weighted by Crippen LogP contribution is 2.35. The van der Waals surface area contributed by atoms with Crippen molar-refractivity contribution in [1.29, 1.82) is 0 Å². The number of rotatable bonds is 7. The number of thiocarbonyl (C=S) groups is 1. The predicted octanol–water partition coefficient (Wildman–Crippen LogP) is 4.25. The first kappa shape index (κ1) is 26.4. The van der Waals surface area contributed by atoms with Gasteiger partial charge in [0.25, 0.3) is 21.6 Å². The van der Waals surface area contributed by atoms with Crippen LogP contribution in [0.2, 0.25) is 0 Å². The lowest BCUT2D eigenvalue weighted by molar-refractivity contribution is -0.113. The summed E-state index contributed by atoms with van der Waals surface area (Å²) < 4.78 is 38.4. The highest BCUT2D eigenvalue weighted by molar-refractivity contribution is 8.27. The van der Waals surface area contributed by atoms with Crippen LogP contribution in [0.5, 0.6) is 5.75 Å². The van der Waals surface area contributed by atoms with Crippen LogP contribution in [0.15, 0.2) is 87.4 Å². The summed E-state index contributed by atoms with van der Waals surface area (Å²) >= 11 is 6.58. The molecule has 4 rings (SSSR count). The highest BCUT2D eigenvalue weighted by Gasteiger charge is 2.32. The monoisotopic (exact) mass is 555 g/mol. The van der Waals surface area contributed by atoms with Crippen LogP contribution in [0.3, 0.4) is 0 Å². The van der Waals surface area contributed by atoms with Gasteiger partial charge in [0.05, 0.1) is 33.8 Å². The summed E-state index contributed by atoms with van der Waals surface area (Å²) in [6.07, 6.45) is 8.34. The lowest BCUT2D eigenvalue weighted by Gasteiger charge is -2.14. The van der Waals surface area contributed by atoms with E-state index in [1.165, 1.54) is 45.6 Å². The Balaban J connectivity index is 1.47. The van der Waals surface area contributed by atoms with Gasteiger partial charge < -0.3 is 4.74 Å². The zero-order valence-corrected chi connectivity index (χ0v) is 22.1. The minimum absolute atomic E-state index is 0.224. The van der Waals surface area contributed by atoms with Gasteiger partial charge in [-0.15, -0.1) is 0 Å². The maximum absolute atomic E-state index is 12.8. The number of hydrogen-bond donors (Lipinski definition) is 2. The first-order valence-electron chi connectivity index (χ1n) is 10.7. The summed E-state index contributed by atoms with van der Waals surface area (Å²) in [5.74, 6) is 0.456. The second-order valence-electron chi connectivity index (χ2n) is 7.74. The van der Waals surface area contributed by atoms with Crippen molar-refractivity contribution in [2.45, 2.75) is 11.8 Å². The number of hydrogen-bond acceptors (Lipinski definition) is 7. The molecular formula is C25H21N3O6S3. The number of methoxy groups -OCH3 is 1. The quantitative estimate of drug-likeness (QED) is 0.192. The lowest BCUT2D eigenvalue weighted by atomic mass is 10.2. The van der Waals surface area contributed by atoms with Crippen molar-refractivity contribution in [3.05, 3.63) is 99.4 Å². The second kappa shape index (κ2) is 10.7. The zero-order valence-electron chi connectivity index (χ0n) is 19.6. The van der Waals surface area contributed by atoms with Crippen LogP contribution in [0.1, 0.15) is 11.3 Å². The number of benzene rings is 2. The zero-order chi connectivity index (χ0) is 26.7. The molecule has 1 aliphatic rings. The Morgan fingerprint density at radius 1 is 1.00 bits per heavy atom. The van der Waals surface area contributed by atoms with Gasteiger partial charge in [0.1, 0.15) is 5.75 Å². The van der Waals surface area contributed by atoms with Gasteiger partial charge in [0.15, 0.2) is 4.32 Å². The molecule has 1 aromatic heterocycles. The Bertz CT molecular complexity index is 1610. The molecule has 0 saturated carbocycles. The van der Waals surface area contributed by atoms with E-state index in [0.29, 0.717) is 37.6 Å². The number of carbonyl (C=O) groups excluding carboxylic acids is 1. The van der Waals surface area contributed by atoms with Crippen LogP contribution in [-0.2, 0) is 14.9 Å². The van der Waals surface area contributed by atoms with Gasteiger partial charge in [-0.2, -0.15) is 8.42 Å². The molecule has 0 spiro atoms. The lowest BCUT2D eigenvalue weighted by Crippen LogP contribution is -2.27. The molecule has 37 heavy (non-hydrogen) atoms. The van der Waals surface area contributed by atoms with E-state index >= 15 is 0 Å². The Morgan fingerprint density at radius 2 is 1.65 bits per heavy atom. The number of allylic oxidation sites excluding steroid dienone is 4. The third-order valence-electron chi connectivity index (χ3n) is 5.37. The van der Waals surface area contributed by atoms with Crippen molar-refractivity contribution >= 4 is 56.1 Å². The summed E-state index contributed by atoms with van der Waals surface area (Å²) in [6, 6.07) is 12.3. The average molecular weight is 556 g/mol. The van der Waals surface area contributed by atoms with Crippen LogP contribution in [0.4, 0.5) is 5.69 Å². The first-order chi connectivity index (χ1) is 17.6. The Labute approximate surface area is 222 Å². The smallest absolute Gasteiger partial charge is 0.294 e. The number of aromatic amines is 1. The summed E-state index contributed by atoms with van der Waals surface area (Å²) in [5.41, 5.74) is 1.75. The number of thioether (sulfide) groups is 1. The molecule has 2 aromatic carbocycles. The number of aryl methyl sites for hydroxylation is 1. The Kier molecular flexibility index (Phi) is 7.64. The summed E-state index contributed by atoms with van der Waals surface area (Å²) in [4.78, 5) is 27.3. The number of ether oxygens (including phenoxy) is 1. The minimum atomic E-state index is -4.32. The summed E-state index contributed by atoms with van der Waals surface area (Å²) in [5, 5.41) is 2.94. The van der Waals surface area contributed by atoms with Crippen LogP contribution in [0, 0.1) is 6.92 Å². The van der Waals surface area contributed by atoms with Crippen LogP contribution < -0.4 is 15.2 Å². The Morgan fingerprint density at radius 3 is 2.27 bits per heavy atom. The van der Waals surface area contributed by atoms with Gasteiger partial charge in [0.2, 0.25) is 0 Å².